The van der Waals surface area contributed by atoms with Gasteiger partial charge in [0.05, 0.1) is 21.3 Å². The minimum absolute atomic E-state index is 0.126. The van der Waals surface area contributed by atoms with E-state index in [1.54, 1.807) is 24.3 Å². The first kappa shape index (κ1) is 23.7. The highest BCUT2D eigenvalue weighted by atomic mass is 16.5. The van der Waals surface area contributed by atoms with Crippen molar-refractivity contribution in [3.8, 4) is 17.2 Å². The highest BCUT2D eigenvalue weighted by Crippen LogP contribution is 2.38. The lowest BCUT2D eigenvalue weighted by Crippen LogP contribution is -2.26. The van der Waals surface area contributed by atoms with E-state index in [1.807, 2.05) is 42.5 Å². The molecule has 3 aromatic rings. The molecule has 7 nitrogen and oxygen atoms in total. The number of nitrogens with one attached hydrogen (secondary N) is 2. The normalized spacial score (nSPS) is 10.3. The summed E-state index contributed by atoms with van der Waals surface area (Å²) in [7, 11) is 4.50. The summed E-state index contributed by atoms with van der Waals surface area (Å²) in [6.45, 7) is 0.876. The number of hydrogen-bond donors (Lipinski definition) is 2. The van der Waals surface area contributed by atoms with Gasteiger partial charge in [-0.05, 0) is 41.8 Å². The van der Waals surface area contributed by atoms with Crippen LogP contribution in [0.2, 0.25) is 0 Å². The van der Waals surface area contributed by atoms with Crippen molar-refractivity contribution in [3.05, 3.63) is 89.0 Å². The molecule has 0 radical (unpaired) electrons. The van der Waals surface area contributed by atoms with Crippen molar-refractivity contribution in [1.82, 2.24) is 10.6 Å². The number of rotatable bonds is 10. The smallest absolute Gasteiger partial charge is 0.251 e. The Morgan fingerprint density at radius 2 is 1.30 bits per heavy atom. The van der Waals surface area contributed by atoms with Crippen molar-refractivity contribution in [1.29, 1.82) is 0 Å². The number of carbonyl (C=O) groups is 2. The molecule has 0 saturated heterocycles. The second kappa shape index (κ2) is 11.6. The van der Waals surface area contributed by atoms with Crippen LogP contribution in [0, 0.1) is 0 Å². The molecule has 0 aliphatic heterocycles. The predicted molar refractivity (Wildman–Crippen MR) is 126 cm³/mol. The lowest BCUT2D eigenvalue weighted by Gasteiger charge is -2.14. The quantitative estimate of drug-likeness (QED) is 0.495. The Bertz CT molecular complexity index is 1060. The standard InChI is InChI=1S/C26H28N2O5/c1-31-22-15-21(16-23(32-2)24(22)33-3)26(30)28-17-19-9-11-20(12-10-19)25(29)27-14-13-18-7-5-4-6-8-18/h4-12,15-16H,13-14,17H2,1-3H3,(H,27,29)(H,28,30). The molecule has 0 saturated carbocycles. The van der Waals surface area contributed by atoms with Gasteiger partial charge in [-0.2, -0.15) is 0 Å². The van der Waals surface area contributed by atoms with E-state index in [2.05, 4.69) is 10.6 Å². The van der Waals surface area contributed by atoms with E-state index in [-0.39, 0.29) is 11.8 Å². The summed E-state index contributed by atoms with van der Waals surface area (Å²) in [6, 6.07) is 20.3. The molecule has 0 spiro atoms. The molecule has 0 heterocycles. The minimum Gasteiger partial charge on any atom is -0.493 e. The van der Waals surface area contributed by atoms with Gasteiger partial charge in [-0.15, -0.1) is 0 Å². The number of methoxy groups -OCH3 is 3. The Morgan fingerprint density at radius 1 is 0.697 bits per heavy atom. The Labute approximate surface area is 193 Å². The van der Waals surface area contributed by atoms with Gasteiger partial charge < -0.3 is 24.8 Å². The highest BCUT2D eigenvalue weighted by molar-refractivity contribution is 5.96. The van der Waals surface area contributed by atoms with Crippen LogP contribution in [-0.4, -0.2) is 39.7 Å². The summed E-state index contributed by atoms with van der Waals surface area (Å²) in [5, 5.41) is 5.79. The summed E-state index contributed by atoms with van der Waals surface area (Å²) in [6.07, 6.45) is 0.775. The number of benzene rings is 3. The van der Waals surface area contributed by atoms with Gasteiger partial charge in [0.2, 0.25) is 5.75 Å². The molecular weight excluding hydrogens is 420 g/mol. The van der Waals surface area contributed by atoms with E-state index in [1.165, 1.54) is 26.9 Å². The largest absolute Gasteiger partial charge is 0.493 e. The SMILES string of the molecule is COc1cc(C(=O)NCc2ccc(C(=O)NCCc3ccccc3)cc2)cc(OC)c1OC. The van der Waals surface area contributed by atoms with E-state index >= 15 is 0 Å². The number of amides is 2. The molecule has 0 aromatic heterocycles. The van der Waals surface area contributed by atoms with Gasteiger partial charge in [0.1, 0.15) is 0 Å². The van der Waals surface area contributed by atoms with Crippen LogP contribution in [0.25, 0.3) is 0 Å². The molecule has 7 heteroatoms. The van der Waals surface area contributed by atoms with Gasteiger partial charge >= 0.3 is 0 Å². The summed E-state index contributed by atoms with van der Waals surface area (Å²) in [5.41, 5.74) is 3.01. The molecule has 0 aliphatic carbocycles. The Balaban J connectivity index is 1.54. The third-order valence-corrected chi connectivity index (χ3v) is 5.14. The van der Waals surface area contributed by atoms with Gasteiger partial charge in [0, 0.05) is 24.2 Å². The van der Waals surface area contributed by atoms with Crippen LogP contribution in [0.5, 0.6) is 17.2 Å². The maximum atomic E-state index is 12.6. The van der Waals surface area contributed by atoms with Crippen LogP contribution in [-0.2, 0) is 13.0 Å². The first-order valence-corrected chi connectivity index (χ1v) is 10.5. The van der Waals surface area contributed by atoms with Gasteiger partial charge in [0.15, 0.2) is 11.5 Å². The fourth-order valence-corrected chi connectivity index (χ4v) is 3.34. The zero-order valence-electron chi connectivity index (χ0n) is 19.0. The highest BCUT2D eigenvalue weighted by Gasteiger charge is 2.17. The molecule has 0 aliphatic rings. The topological polar surface area (TPSA) is 85.9 Å². The zero-order chi connectivity index (χ0) is 23.6. The Kier molecular flexibility index (Phi) is 8.30. The van der Waals surface area contributed by atoms with Gasteiger partial charge in [-0.3, -0.25) is 9.59 Å². The first-order chi connectivity index (χ1) is 16.0. The van der Waals surface area contributed by atoms with Crippen molar-refractivity contribution in [2.24, 2.45) is 0 Å². The van der Waals surface area contributed by atoms with Crippen LogP contribution < -0.4 is 24.8 Å². The van der Waals surface area contributed by atoms with Crippen LogP contribution in [0.1, 0.15) is 31.8 Å². The average Bonchev–Trinajstić information content (AvgIpc) is 2.87. The third-order valence-electron chi connectivity index (χ3n) is 5.14. The number of hydrogen-bond acceptors (Lipinski definition) is 5. The Morgan fingerprint density at radius 3 is 1.88 bits per heavy atom. The fraction of sp³-hybridized carbons (Fsp3) is 0.231. The lowest BCUT2D eigenvalue weighted by atomic mass is 10.1. The molecular formula is C26H28N2O5. The van der Waals surface area contributed by atoms with Crippen LogP contribution in [0.4, 0.5) is 0 Å². The Hall–Kier alpha value is -4.00. The summed E-state index contributed by atoms with van der Waals surface area (Å²) in [5.74, 6) is 0.833. The predicted octanol–water partition coefficient (Wildman–Crippen LogP) is 3.61. The van der Waals surface area contributed by atoms with Crippen molar-refractivity contribution >= 4 is 11.8 Å². The maximum absolute atomic E-state index is 12.6. The maximum Gasteiger partial charge on any atom is 0.251 e. The van der Waals surface area contributed by atoms with E-state index < -0.39 is 0 Å². The van der Waals surface area contributed by atoms with Crippen molar-refractivity contribution in [2.45, 2.75) is 13.0 Å². The molecule has 172 valence electrons. The third kappa shape index (κ3) is 6.26. The minimum atomic E-state index is -0.281. The molecule has 2 amide bonds. The molecule has 3 aromatic carbocycles. The summed E-state index contributed by atoms with van der Waals surface area (Å²) < 4.78 is 15.9. The van der Waals surface area contributed by atoms with E-state index in [9.17, 15) is 9.59 Å². The average molecular weight is 449 g/mol. The molecule has 0 fully saturated rings. The van der Waals surface area contributed by atoms with Crippen LogP contribution in [0.3, 0.4) is 0 Å². The lowest BCUT2D eigenvalue weighted by molar-refractivity contribution is 0.0942. The second-order valence-electron chi connectivity index (χ2n) is 7.29. The van der Waals surface area contributed by atoms with E-state index in [4.69, 9.17) is 14.2 Å². The molecule has 3 rings (SSSR count). The second-order valence-corrected chi connectivity index (χ2v) is 7.29. The molecule has 0 atom stereocenters. The van der Waals surface area contributed by atoms with E-state index in [0.29, 0.717) is 41.5 Å². The van der Waals surface area contributed by atoms with Crippen molar-refractivity contribution in [3.63, 3.8) is 0 Å². The van der Waals surface area contributed by atoms with Gasteiger partial charge in [0.25, 0.3) is 11.8 Å². The number of carbonyl (C=O) groups excluding carboxylic acids is 2. The summed E-state index contributed by atoms with van der Waals surface area (Å²) >= 11 is 0. The van der Waals surface area contributed by atoms with E-state index in [0.717, 1.165) is 12.0 Å². The van der Waals surface area contributed by atoms with Gasteiger partial charge in [-0.1, -0.05) is 42.5 Å². The molecule has 2 N–H and O–H groups in total. The molecule has 33 heavy (non-hydrogen) atoms. The van der Waals surface area contributed by atoms with Crippen LogP contribution in [0.15, 0.2) is 66.7 Å². The zero-order valence-corrected chi connectivity index (χ0v) is 19.0. The van der Waals surface area contributed by atoms with Crippen molar-refractivity contribution in [2.75, 3.05) is 27.9 Å². The molecule has 0 bridgehead atoms. The fourth-order valence-electron chi connectivity index (χ4n) is 3.34. The number of ether oxygens (including phenoxy) is 3. The first-order valence-electron chi connectivity index (χ1n) is 10.5. The van der Waals surface area contributed by atoms with Gasteiger partial charge in [-0.25, -0.2) is 0 Å². The molecule has 0 unspecified atom stereocenters. The van der Waals surface area contributed by atoms with Crippen molar-refractivity contribution < 1.29 is 23.8 Å². The summed E-state index contributed by atoms with van der Waals surface area (Å²) in [4.78, 5) is 25.0. The monoisotopic (exact) mass is 448 g/mol. The van der Waals surface area contributed by atoms with Crippen LogP contribution >= 0.6 is 0 Å².